The molecule has 140 valence electrons. The van der Waals surface area contributed by atoms with Crippen LogP contribution in [0.1, 0.15) is 38.8 Å². The Kier molecular flexibility index (Phi) is 6.01. The summed E-state index contributed by atoms with van der Waals surface area (Å²) in [5, 5.41) is 16.7. The van der Waals surface area contributed by atoms with Gasteiger partial charge in [-0.3, -0.25) is 10.1 Å². The van der Waals surface area contributed by atoms with E-state index in [1.54, 1.807) is 11.6 Å². The first kappa shape index (κ1) is 19.9. The molecule has 2 rings (SSSR count). The molecule has 8 nitrogen and oxygen atoms in total. The third kappa shape index (κ3) is 5.29. The molecular formula is C17H24N6O2S. The zero-order chi connectivity index (χ0) is 19.5. The number of nitrogens with zero attached hydrogens (tertiary/aromatic N) is 4. The van der Waals surface area contributed by atoms with Crippen LogP contribution in [0.15, 0.2) is 23.4 Å². The molecule has 0 spiro atoms. The van der Waals surface area contributed by atoms with Crippen molar-refractivity contribution in [3.63, 3.8) is 0 Å². The fourth-order valence-corrected chi connectivity index (χ4v) is 3.04. The molecular weight excluding hydrogens is 352 g/mol. The molecule has 0 aliphatic carbocycles. The van der Waals surface area contributed by atoms with Gasteiger partial charge >= 0.3 is 6.03 Å². The predicted molar refractivity (Wildman–Crippen MR) is 100 cm³/mol. The number of imide groups is 1. The summed E-state index contributed by atoms with van der Waals surface area (Å²) in [4.78, 5) is 24.1. The van der Waals surface area contributed by atoms with Gasteiger partial charge in [-0.1, -0.05) is 29.5 Å². The first-order valence-corrected chi connectivity index (χ1v) is 9.10. The summed E-state index contributed by atoms with van der Waals surface area (Å²) < 4.78 is 1.60. The van der Waals surface area contributed by atoms with Gasteiger partial charge in [0.25, 0.3) is 0 Å². The molecule has 0 bridgehead atoms. The van der Waals surface area contributed by atoms with Gasteiger partial charge in [0.15, 0.2) is 0 Å². The molecule has 0 aliphatic heterocycles. The van der Waals surface area contributed by atoms with Crippen LogP contribution < -0.4 is 10.6 Å². The van der Waals surface area contributed by atoms with Crippen LogP contribution >= 0.6 is 11.8 Å². The summed E-state index contributed by atoms with van der Waals surface area (Å²) in [6, 6.07) is 5.43. The minimum absolute atomic E-state index is 0.410. The molecule has 1 heterocycles. The standard InChI is InChI=1S/C17H24N6O2S/c1-10-7-8-13(11(2)9-10)23-16(20-21-22-23)26-12(3)14(24)18-15(25)19-17(4,5)6/h7-9,12H,1-6H3,(H2,18,19,24,25)/t12-/m1/s1. The van der Waals surface area contributed by atoms with E-state index >= 15 is 0 Å². The Labute approximate surface area is 157 Å². The summed E-state index contributed by atoms with van der Waals surface area (Å²) in [5.74, 6) is -0.410. The van der Waals surface area contributed by atoms with E-state index in [0.29, 0.717) is 5.16 Å². The molecule has 2 aromatic rings. The van der Waals surface area contributed by atoms with Gasteiger partial charge in [0.1, 0.15) is 0 Å². The lowest BCUT2D eigenvalue weighted by Crippen LogP contribution is -2.49. The third-order valence-electron chi connectivity index (χ3n) is 3.40. The van der Waals surface area contributed by atoms with Crippen LogP contribution in [0.5, 0.6) is 0 Å². The normalized spacial score (nSPS) is 12.5. The number of rotatable bonds is 4. The van der Waals surface area contributed by atoms with E-state index in [4.69, 9.17) is 0 Å². The molecule has 9 heteroatoms. The van der Waals surface area contributed by atoms with E-state index in [2.05, 4.69) is 26.2 Å². The van der Waals surface area contributed by atoms with Gasteiger partial charge in [-0.05, 0) is 63.6 Å². The summed E-state index contributed by atoms with van der Waals surface area (Å²) in [6.45, 7) is 11.2. The van der Waals surface area contributed by atoms with Crippen LogP contribution in [0, 0.1) is 13.8 Å². The highest BCUT2D eigenvalue weighted by molar-refractivity contribution is 8.00. The molecule has 3 amide bonds. The van der Waals surface area contributed by atoms with E-state index < -0.39 is 22.7 Å². The number of hydrogen-bond acceptors (Lipinski definition) is 6. The Bertz CT molecular complexity index is 812. The molecule has 26 heavy (non-hydrogen) atoms. The van der Waals surface area contributed by atoms with E-state index in [9.17, 15) is 9.59 Å². The van der Waals surface area contributed by atoms with E-state index in [0.717, 1.165) is 16.8 Å². The van der Waals surface area contributed by atoms with Crippen LogP contribution in [0.2, 0.25) is 0 Å². The first-order valence-electron chi connectivity index (χ1n) is 8.22. The number of thioether (sulfide) groups is 1. The Balaban J connectivity index is 2.08. The number of hydrogen-bond donors (Lipinski definition) is 2. The van der Waals surface area contributed by atoms with Crippen molar-refractivity contribution in [3.05, 3.63) is 29.3 Å². The third-order valence-corrected chi connectivity index (χ3v) is 4.43. The van der Waals surface area contributed by atoms with E-state index in [-0.39, 0.29) is 0 Å². The lowest BCUT2D eigenvalue weighted by Gasteiger charge is -2.21. The number of tetrazole rings is 1. The molecule has 0 fully saturated rings. The van der Waals surface area contributed by atoms with Crippen molar-refractivity contribution in [3.8, 4) is 5.69 Å². The number of urea groups is 1. The molecule has 0 saturated carbocycles. The average Bonchev–Trinajstić information content (AvgIpc) is 2.93. The summed E-state index contributed by atoms with van der Waals surface area (Å²) in [5.41, 5.74) is 2.60. The molecule has 2 N–H and O–H groups in total. The summed E-state index contributed by atoms with van der Waals surface area (Å²) >= 11 is 1.19. The van der Waals surface area contributed by atoms with Crippen LogP contribution in [0.4, 0.5) is 4.79 Å². The average molecular weight is 376 g/mol. The van der Waals surface area contributed by atoms with Gasteiger partial charge in [0.05, 0.1) is 10.9 Å². The van der Waals surface area contributed by atoms with Crippen molar-refractivity contribution in [2.75, 3.05) is 0 Å². The number of aryl methyl sites for hydroxylation is 2. The molecule has 0 aliphatic rings. The summed E-state index contributed by atoms with van der Waals surface area (Å²) in [6.07, 6.45) is 0. The highest BCUT2D eigenvalue weighted by atomic mass is 32.2. The number of amides is 3. The maximum absolute atomic E-state index is 12.3. The second-order valence-corrected chi connectivity index (χ2v) is 8.42. The van der Waals surface area contributed by atoms with Gasteiger partial charge in [-0.15, -0.1) is 5.10 Å². The van der Waals surface area contributed by atoms with Crippen molar-refractivity contribution in [1.82, 2.24) is 30.8 Å². The highest BCUT2D eigenvalue weighted by Crippen LogP contribution is 2.24. The smallest absolute Gasteiger partial charge is 0.321 e. The number of aromatic nitrogens is 4. The number of benzene rings is 1. The number of carbonyl (C=O) groups is 2. The largest absolute Gasteiger partial charge is 0.333 e. The predicted octanol–water partition coefficient (Wildman–Crippen LogP) is 2.38. The van der Waals surface area contributed by atoms with Crippen molar-refractivity contribution < 1.29 is 9.59 Å². The topological polar surface area (TPSA) is 102 Å². The molecule has 1 atom stereocenters. The Hall–Kier alpha value is -2.42. The van der Waals surface area contributed by atoms with Gasteiger partial charge in [0.2, 0.25) is 11.1 Å². The zero-order valence-electron chi connectivity index (χ0n) is 15.8. The Morgan fingerprint density at radius 1 is 1.23 bits per heavy atom. The SMILES string of the molecule is Cc1ccc(-n2nnnc2S[C@H](C)C(=O)NC(=O)NC(C)(C)C)c(C)c1. The minimum Gasteiger partial charge on any atom is -0.333 e. The van der Waals surface area contributed by atoms with Gasteiger partial charge in [-0.2, -0.15) is 4.68 Å². The fourth-order valence-electron chi connectivity index (χ4n) is 2.24. The van der Waals surface area contributed by atoms with Crippen molar-refractivity contribution >= 4 is 23.7 Å². The minimum atomic E-state index is -0.545. The second kappa shape index (κ2) is 7.86. The first-order chi connectivity index (χ1) is 12.1. The lowest BCUT2D eigenvalue weighted by molar-refractivity contribution is -0.119. The second-order valence-electron chi connectivity index (χ2n) is 7.12. The fraction of sp³-hybridized carbons (Fsp3) is 0.471. The van der Waals surface area contributed by atoms with Crippen molar-refractivity contribution in [2.45, 2.75) is 57.5 Å². The maximum atomic E-state index is 12.3. The number of nitrogens with one attached hydrogen (secondary N) is 2. The van der Waals surface area contributed by atoms with Gasteiger partial charge < -0.3 is 5.32 Å². The molecule has 0 saturated heterocycles. The van der Waals surface area contributed by atoms with Crippen molar-refractivity contribution in [2.24, 2.45) is 0 Å². The quantitative estimate of drug-likeness (QED) is 0.795. The maximum Gasteiger partial charge on any atom is 0.321 e. The Morgan fingerprint density at radius 2 is 1.92 bits per heavy atom. The lowest BCUT2D eigenvalue weighted by atomic mass is 10.1. The van der Waals surface area contributed by atoms with Crippen LogP contribution in [-0.4, -0.2) is 42.9 Å². The summed E-state index contributed by atoms with van der Waals surface area (Å²) in [7, 11) is 0. The zero-order valence-corrected chi connectivity index (χ0v) is 16.6. The molecule has 0 unspecified atom stereocenters. The van der Waals surface area contributed by atoms with Gasteiger partial charge in [-0.25, -0.2) is 4.79 Å². The monoisotopic (exact) mass is 376 g/mol. The highest BCUT2D eigenvalue weighted by Gasteiger charge is 2.23. The van der Waals surface area contributed by atoms with Crippen LogP contribution in [-0.2, 0) is 4.79 Å². The van der Waals surface area contributed by atoms with Crippen LogP contribution in [0.25, 0.3) is 5.69 Å². The van der Waals surface area contributed by atoms with E-state index in [1.165, 1.54) is 11.8 Å². The Morgan fingerprint density at radius 3 is 2.54 bits per heavy atom. The molecule has 1 aromatic heterocycles. The van der Waals surface area contributed by atoms with Crippen molar-refractivity contribution in [1.29, 1.82) is 0 Å². The van der Waals surface area contributed by atoms with Gasteiger partial charge in [0, 0.05) is 5.54 Å². The molecule has 1 aromatic carbocycles. The van der Waals surface area contributed by atoms with E-state index in [1.807, 2.05) is 52.8 Å². The number of carbonyl (C=O) groups excluding carboxylic acids is 2. The van der Waals surface area contributed by atoms with Crippen LogP contribution in [0.3, 0.4) is 0 Å². The molecule has 0 radical (unpaired) electrons.